The molecule has 12 atom stereocenters. The number of carbonyl (C=O) groups is 2. The smallest absolute Gasteiger partial charge is 0.308 e. The molecule has 2 unspecified atom stereocenters. The SMILES string of the molecule is CC[C@H]1OC(=O)C[C@@H](O)[C@H](C)[C@@H](O[C@@H]2O[C@H](C)[C@@H](O)C(N(C)C)C2O)[C@@H](CCN(C)Cc2cn(-c3cnc4ccccc4c3)nn2)C[C@@H](C)C(=O)/C=C/C(C)=C/[C@@H]1CI. The lowest BCUT2D eigenvalue weighted by Crippen LogP contribution is -2.63. The number of fused-ring (bicyclic) bond motifs is 1. The summed E-state index contributed by atoms with van der Waals surface area (Å²) in [5.74, 6) is -2.06. The Morgan fingerprint density at radius 3 is 2.51 bits per heavy atom. The molecule has 0 spiro atoms. The summed E-state index contributed by atoms with van der Waals surface area (Å²) >= 11 is 2.28. The van der Waals surface area contributed by atoms with E-state index in [2.05, 4.69) is 42.8 Å². The average Bonchev–Trinajstić information content (AvgIpc) is 3.68. The number of ketones is 1. The molecule has 59 heavy (non-hydrogen) atoms. The zero-order valence-electron chi connectivity index (χ0n) is 35.6. The van der Waals surface area contributed by atoms with Crippen LogP contribution in [0.3, 0.4) is 0 Å². The number of aliphatic hydroxyl groups is 3. The molecule has 2 aromatic heterocycles. The number of nitrogens with zero attached hydrogens (tertiary/aromatic N) is 6. The molecule has 14 nitrogen and oxygen atoms in total. The highest BCUT2D eigenvalue weighted by atomic mass is 127. The van der Waals surface area contributed by atoms with Crippen molar-refractivity contribution in [3.8, 4) is 5.69 Å². The first-order valence-corrected chi connectivity index (χ1v) is 22.2. The molecule has 1 saturated heterocycles. The summed E-state index contributed by atoms with van der Waals surface area (Å²) in [6, 6.07) is 9.22. The van der Waals surface area contributed by atoms with E-state index >= 15 is 0 Å². The molecule has 5 rings (SSSR count). The molecule has 15 heteroatoms. The Hall–Kier alpha value is -3.16. The van der Waals surface area contributed by atoms with Crippen molar-refractivity contribution >= 4 is 45.2 Å². The van der Waals surface area contributed by atoms with Crippen LogP contribution < -0.4 is 0 Å². The first kappa shape index (κ1) is 46.9. The standard InChI is InChI=1S/C44H63IN6O8/c1-9-38-32(22-45)18-26(2)14-15-36(52)27(3)19-31(16-17-50(8)24-33-25-51(48-47-33)34-20-30-12-10-11-13-35(30)46-23-34)43(28(4)37(53)21-39(54)58-38)59-44-42(56)40(49(6)7)41(55)29(5)57-44/h10-15,18,20,23,25,27-29,31-32,37-38,40-44,53,55-56H,9,16-17,19,21-22,24H2,1-8H3/b15-14+,26-18+/t27-,28+,29-,31+,32-,37-,38-,40?,41-,42?,43-,44+/m1/s1. The minimum atomic E-state index is -1.23. The van der Waals surface area contributed by atoms with Crippen molar-refractivity contribution < 1.29 is 39.1 Å². The number of ether oxygens (including phenoxy) is 3. The topological polar surface area (TPSA) is 173 Å². The van der Waals surface area contributed by atoms with Crippen molar-refractivity contribution in [2.45, 2.75) is 116 Å². The fourth-order valence-corrected chi connectivity index (χ4v) is 9.08. The van der Waals surface area contributed by atoms with Gasteiger partial charge in [-0.05, 0) is 84.9 Å². The van der Waals surface area contributed by atoms with Crippen molar-refractivity contribution in [1.82, 2.24) is 29.8 Å². The third-order valence-corrected chi connectivity index (χ3v) is 12.8. The Balaban J connectivity index is 1.44. The fraction of sp³-hybridized carbons (Fsp3) is 0.614. The number of likely N-dealkylation sites (N-methyl/N-ethyl adjacent to an activating group) is 1. The lowest BCUT2D eigenvalue weighted by Gasteiger charge is -2.46. The van der Waals surface area contributed by atoms with Crippen molar-refractivity contribution in [2.24, 2.45) is 23.7 Å². The lowest BCUT2D eigenvalue weighted by atomic mass is 9.79. The van der Waals surface area contributed by atoms with E-state index in [1.807, 2.05) is 83.4 Å². The van der Waals surface area contributed by atoms with Gasteiger partial charge < -0.3 is 39.3 Å². The largest absolute Gasteiger partial charge is 0.462 e. The third-order valence-electron chi connectivity index (χ3n) is 11.8. The van der Waals surface area contributed by atoms with Crippen LogP contribution in [0.5, 0.6) is 0 Å². The van der Waals surface area contributed by atoms with Crippen LogP contribution in [0.1, 0.15) is 66.0 Å². The zero-order valence-corrected chi connectivity index (χ0v) is 37.8. The molecule has 0 saturated carbocycles. The van der Waals surface area contributed by atoms with Gasteiger partial charge in [0.15, 0.2) is 12.1 Å². The van der Waals surface area contributed by atoms with Crippen LogP contribution in [0.25, 0.3) is 16.6 Å². The van der Waals surface area contributed by atoms with Gasteiger partial charge in [-0.15, -0.1) is 5.10 Å². The van der Waals surface area contributed by atoms with E-state index in [4.69, 9.17) is 14.2 Å². The first-order valence-electron chi connectivity index (χ1n) is 20.7. The summed E-state index contributed by atoms with van der Waals surface area (Å²) in [5.41, 5.74) is 3.34. The summed E-state index contributed by atoms with van der Waals surface area (Å²) in [6.45, 7) is 10.4. The normalized spacial score (nSPS) is 33.2. The lowest BCUT2D eigenvalue weighted by molar-refractivity contribution is -0.304. The molecule has 2 aliphatic heterocycles. The van der Waals surface area contributed by atoms with Gasteiger partial charge in [0.25, 0.3) is 0 Å². The number of rotatable bonds is 11. The number of aliphatic hydroxyl groups excluding tert-OH is 3. The molecule has 1 aromatic carbocycles. The van der Waals surface area contributed by atoms with Gasteiger partial charge in [0.2, 0.25) is 0 Å². The number of hydrogen-bond acceptors (Lipinski definition) is 13. The Labute approximate surface area is 362 Å². The molecule has 324 valence electrons. The van der Waals surface area contributed by atoms with E-state index in [9.17, 15) is 24.9 Å². The van der Waals surface area contributed by atoms with Crippen molar-refractivity contribution in [3.63, 3.8) is 0 Å². The van der Waals surface area contributed by atoms with Gasteiger partial charge in [-0.25, -0.2) is 4.68 Å². The molecular formula is C44H63IN6O8. The van der Waals surface area contributed by atoms with Crippen LogP contribution in [0.4, 0.5) is 0 Å². The highest BCUT2D eigenvalue weighted by Gasteiger charge is 2.47. The molecule has 0 aliphatic carbocycles. The van der Waals surface area contributed by atoms with E-state index in [-0.39, 0.29) is 24.0 Å². The number of esters is 1. The quantitative estimate of drug-likeness (QED) is 0.135. The zero-order chi connectivity index (χ0) is 43.0. The number of pyridine rings is 1. The number of hydrogen-bond donors (Lipinski definition) is 3. The first-order chi connectivity index (χ1) is 28.1. The van der Waals surface area contributed by atoms with Gasteiger partial charge in [-0.1, -0.05) is 84.5 Å². The van der Waals surface area contributed by atoms with Gasteiger partial charge in [-0.3, -0.25) is 14.6 Å². The number of aromatic nitrogens is 4. The number of halogens is 1. The number of para-hydroxylation sites is 1. The summed E-state index contributed by atoms with van der Waals surface area (Å²) < 4.78 is 21.3. The maximum atomic E-state index is 13.8. The molecule has 3 aromatic rings. The Morgan fingerprint density at radius 2 is 1.80 bits per heavy atom. The van der Waals surface area contributed by atoms with Gasteiger partial charge in [0.1, 0.15) is 12.2 Å². The van der Waals surface area contributed by atoms with Gasteiger partial charge in [0.05, 0.1) is 66.2 Å². The molecule has 4 heterocycles. The Morgan fingerprint density at radius 1 is 1.05 bits per heavy atom. The predicted octanol–water partition coefficient (Wildman–Crippen LogP) is 4.91. The second kappa shape index (κ2) is 21.6. The number of carbonyl (C=O) groups excluding carboxylic acids is 2. The summed E-state index contributed by atoms with van der Waals surface area (Å²) in [5, 5.41) is 44.2. The Kier molecular flexibility index (Phi) is 17.1. The molecular weight excluding hydrogens is 867 g/mol. The summed E-state index contributed by atoms with van der Waals surface area (Å²) in [6.07, 6.45) is 3.97. The van der Waals surface area contributed by atoms with Gasteiger partial charge >= 0.3 is 5.97 Å². The molecule has 0 bridgehead atoms. The van der Waals surface area contributed by atoms with Crippen LogP contribution >= 0.6 is 22.6 Å². The number of cyclic esters (lactones) is 1. The van der Waals surface area contributed by atoms with Crippen LogP contribution in [0, 0.1) is 23.7 Å². The summed E-state index contributed by atoms with van der Waals surface area (Å²) in [7, 11) is 5.53. The third kappa shape index (κ3) is 12.2. The second-order valence-electron chi connectivity index (χ2n) is 16.7. The number of alkyl halides is 1. The van der Waals surface area contributed by atoms with Crippen LogP contribution in [-0.2, 0) is 30.3 Å². The maximum absolute atomic E-state index is 13.8. The van der Waals surface area contributed by atoms with Crippen LogP contribution in [0.2, 0.25) is 0 Å². The Bertz CT molecular complexity index is 1910. The molecule has 2 aliphatic rings. The highest BCUT2D eigenvalue weighted by molar-refractivity contribution is 14.1. The molecule has 0 amide bonds. The van der Waals surface area contributed by atoms with Gasteiger partial charge in [0, 0.05) is 34.1 Å². The van der Waals surface area contributed by atoms with Crippen LogP contribution in [-0.4, -0.2) is 138 Å². The van der Waals surface area contributed by atoms with E-state index < -0.39 is 66.8 Å². The van der Waals surface area contributed by atoms with E-state index in [1.165, 1.54) is 0 Å². The minimum Gasteiger partial charge on any atom is -0.462 e. The number of benzene rings is 1. The van der Waals surface area contributed by atoms with E-state index in [1.54, 1.807) is 42.9 Å². The van der Waals surface area contributed by atoms with Gasteiger partial charge in [-0.2, -0.15) is 0 Å². The fourth-order valence-electron chi connectivity index (χ4n) is 8.25. The average molecular weight is 931 g/mol. The van der Waals surface area contributed by atoms with Crippen molar-refractivity contribution in [2.75, 3.05) is 32.1 Å². The minimum absolute atomic E-state index is 0.0437. The maximum Gasteiger partial charge on any atom is 0.308 e. The van der Waals surface area contributed by atoms with Crippen LogP contribution in [0.15, 0.2) is 66.5 Å². The predicted molar refractivity (Wildman–Crippen MR) is 234 cm³/mol. The number of allylic oxidation sites excluding steroid dienone is 3. The molecule has 0 radical (unpaired) electrons. The summed E-state index contributed by atoms with van der Waals surface area (Å²) in [4.78, 5) is 35.7. The van der Waals surface area contributed by atoms with Crippen molar-refractivity contribution in [3.05, 3.63) is 72.2 Å². The van der Waals surface area contributed by atoms with E-state index in [0.717, 1.165) is 27.9 Å². The van der Waals surface area contributed by atoms with E-state index in [0.29, 0.717) is 36.8 Å². The van der Waals surface area contributed by atoms with Crippen molar-refractivity contribution in [1.29, 1.82) is 0 Å². The second-order valence-corrected chi connectivity index (χ2v) is 17.6. The molecule has 3 N–H and O–H groups in total. The highest BCUT2D eigenvalue weighted by Crippen LogP contribution is 2.35. The monoisotopic (exact) mass is 930 g/mol. The molecule has 1 fully saturated rings.